The highest BCUT2D eigenvalue weighted by Gasteiger charge is 2.28. The summed E-state index contributed by atoms with van der Waals surface area (Å²) in [6.45, 7) is 0. The van der Waals surface area contributed by atoms with E-state index >= 15 is 0 Å². The van der Waals surface area contributed by atoms with Gasteiger partial charge in [0, 0.05) is 22.5 Å². The van der Waals surface area contributed by atoms with Crippen molar-refractivity contribution in [2.75, 3.05) is 22.1 Å². The first-order valence-electron chi connectivity index (χ1n) is 11.7. The van der Waals surface area contributed by atoms with Crippen LogP contribution in [0.2, 0.25) is 0 Å². The van der Waals surface area contributed by atoms with Gasteiger partial charge in [-0.2, -0.15) is 0 Å². The highest BCUT2D eigenvalue weighted by molar-refractivity contribution is 5.77. The molecule has 0 aliphatic heterocycles. The summed E-state index contributed by atoms with van der Waals surface area (Å²) in [5.41, 5.74) is 16.6. The van der Waals surface area contributed by atoms with E-state index in [9.17, 15) is 9.59 Å². The first-order valence-corrected chi connectivity index (χ1v) is 11.7. The number of para-hydroxylation sites is 2. The van der Waals surface area contributed by atoms with Gasteiger partial charge >= 0.3 is 0 Å². The van der Waals surface area contributed by atoms with Gasteiger partial charge in [0.05, 0.1) is 12.1 Å². The van der Waals surface area contributed by atoms with Crippen molar-refractivity contribution in [3.05, 3.63) is 152 Å². The SMILES string of the molecule is Nc1ccccc1[C@H](Nc1c(N[C@H](c2ccccc2)c2ccccc2N)c(=O)c1=O)c1ccccc1. The van der Waals surface area contributed by atoms with Crippen LogP contribution in [0.1, 0.15) is 34.3 Å². The molecule has 0 aromatic heterocycles. The molecule has 0 amide bonds. The molecule has 0 heterocycles. The lowest BCUT2D eigenvalue weighted by Gasteiger charge is -2.27. The Balaban J connectivity index is 1.56. The van der Waals surface area contributed by atoms with Crippen LogP contribution in [0.25, 0.3) is 0 Å². The Morgan fingerprint density at radius 3 is 1.17 bits per heavy atom. The van der Waals surface area contributed by atoms with Crippen LogP contribution >= 0.6 is 0 Å². The molecule has 0 saturated carbocycles. The summed E-state index contributed by atoms with van der Waals surface area (Å²) in [4.78, 5) is 25.6. The van der Waals surface area contributed by atoms with E-state index < -0.39 is 22.9 Å². The van der Waals surface area contributed by atoms with Gasteiger partial charge in [-0.1, -0.05) is 97.1 Å². The maximum absolute atomic E-state index is 12.8. The lowest BCUT2D eigenvalue weighted by Crippen LogP contribution is -2.39. The Hall–Kier alpha value is -4.84. The Labute approximate surface area is 208 Å². The maximum atomic E-state index is 12.8. The normalized spacial score (nSPS) is 12.7. The second kappa shape index (κ2) is 9.80. The van der Waals surface area contributed by atoms with Crippen LogP contribution in [0.15, 0.2) is 119 Å². The second-order valence-electron chi connectivity index (χ2n) is 8.64. The molecule has 0 saturated heterocycles. The average molecular weight is 475 g/mol. The third-order valence-electron chi connectivity index (χ3n) is 6.37. The largest absolute Gasteiger partial charge is 0.398 e. The molecule has 2 atom stereocenters. The standard InChI is InChI=1S/C30H26N4O2/c31-23-17-9-7-15-21(23)25(19-11-3-1-4-12-19)33-27-28(30(36)29(27)35)34-26(20-13-5-2-6-14-20)22-16-8-10-18-24(22)32/h1-18,25-26,33-34H,31-32H2/t25-,26-/m1/s1. The highest BCUT2D eigenvalue weighted by atomic mass is 16.2. The van der Waals surface area contributed by atoms with Crippen molar-refractivity contribution >= 4 is 22.7 Å². The van der Waals surface area contributed by atoms with Crippen LogP contribution in [-0.4, -0.2) is 0 Å². The molecule has 6 heteroatoms. The van der Waals surface area contributed by atoms with Crippen molar-refractivity contribution < 1.29 is 0 Å². The summed E-state index contributed by atoms with van der Waals surface area (Å²) in [6, 6.07) is 33.5. The number of anilines is 4. The minimum absolute atomic E-state index is 0.229. The molecule has 36 heavy (non-hydrogen) atoms. The predicted octanol–water partition coefficient (Wildman–Crippen LogP) is 4.85. The molecule has 0 bridgehead atoms. The van der Waals surface area contributed by atoms with E-state index in [2.05, 4.69) is 10.6 Å². The molecule has 0 fully saturated rings. The molecular formula is C30H26N4O2. The van der Waals surface area contributed by atoms with Gasteiger partial charge in [-0.3, -0.25) is 9.59 Å². The van der Waals surface area contributed by atoms with Gasteiger partial charge in [-0.05, 0) is 23.3 Å². The fraction of sp³-hybridized carbons (Fsp3) is 0.0667. The molecule has 5 aromatic rings. The number of nitrogens with two attached hydrogens (primary N) is 2. The van der Waals surface area contributed by atoms with Crippen LogP contribution in [0.4, 0.5) is 22.7 Å². The molecule has 6 nitrogen and oxygen atoms in total. The molecular weight excluding hydrogens is 448 g/mol. The monoisotopic (exact) mass is 474 g/mol. The molecule has 0 radical (unpaired) electrons. The van der Waals surface area contributed by atoms with Gasteiger partial charge in [-0.15, -0.1) is 0 Å². The van der Waals surface area contributed by atoms with Gasteiger partial charge in [0.1, 0.15) is 11.4 Å². The third-order valence-corrected chi connectivity index (χ3v) is 6.37. The van der Waals surface area contributed by atoms with E-state index in [0.717, 1.165) is 22.3 Å². The second-order valence-corrected chi connectivity index (χ2v) is 8.64. The van der Waals surface area contributed by atoms with Crippen LogP contribution in [0.3, 0.4) is 0 Å². The maximum Gasteiger partial charge on any atom is 0.253 e. The molecule has 178 valence electrons. The van der Waals surface area contributed by atoms with Gasteiger partial charge in [0.15, 0.2) is 0 Å². The number of rotatable bonds is 8. The summed E-state index contributed by atoms with van der Waals surface area (Å²) < 4.78 is 0. The van der Waals surface area contributed by atoms with Crippen molar-refractivity contribution in [2.24, 2.45) is 0 Å². The lowest BCUT2D eigenvalue weighted by atomic mass is 9.95. The fourth-order valence-corrected chi connectivity index (χ4v) is 4.48. The molecule has 6 N–H and O–H groups in total. The highest BCUT2D eigenvalue weighted by Crippen LogP contribution is 2.35. The zero-order valence-electron chi connectivity index (χ0n) is 19.5. The van der Waals surface area contributed by atoms with Gasteiger partial charge in [-0.25, -0.2) is 0 Å². The lowest BCUT2D eigenvalue weighted by molar-refractivity contribution is 0.913. The molecule has 5 rings (SSSR count). The zero-order valence-corrected chi connectivity index (χ0v) is 19.5. The molecule has 0 spiro atoms. The summed E-state index contributed by atoms with van der Waals surface area (Å²) in [7, 11) is 0. The Bertz CT molecular complexity index is 1440. The first kappa shape index (κ1) is 22.9. The summed E-state index contributed by atoms with van der Waals surface area (Å²) in [5.74, 6) is 0. The number of nitrogen functional groups attached to an aromatic ring is 2. The van der Waals surface area contributed by atoms with E-state index in [0.29, 0.717) is 11.4 Å². The summed E-state index contributed by atoms with van der Waals surface area (Å²) >= 11 is 0. The number of hydrogen-bond acceptors (Lipinski definition) is 6. The summed E-state index contributed by atoms with van der Waals surface area (Å²) in [5, 5.41) is 6.63. The molecule has 0 aliphatic carbocycles. The molecule has 0 aliphatic rings. The Morgan fingerprint density at radius 1 is 0.472 bits per heavy atom. The Morgan fingerprint density at radius 2 is 0.806 bits per heavy atom. The smallest absolute Gasteiger partial charge is 0.253 e. The van der Waals surface area contributed by atoms with Gasteiger partial charge < -0.3 is 22.1 Å². The Kier molecular flexibility index (Phi) is 6.24. The van der Waals surface area contributed by atoms with Crippen molar-refractivity contribution in [2.45, 2.75) is 12.1 Å². The summed E-state index contributed by atoms with van der Waals surface area (Å²) in [6.07, 6.45) is 0. The quantitative estimate of drug-likeness (QED) is 0.189. The van der Waals surface area contributed by atoms with Crippen LogP contribution in [0.5, 0.6) is 0 Å². The van der Waals surface area contributed by atoms with E-state index in [1.165, 1.54) is 0 Å². The minimum Gasteiger partial charge on any atom is -0.398 e. The number of benzene rings is 4. The average Bonchev–Trinajstić information content (AvgIpc) is 2.92. The minimum atomic E-state index is -0.569. The van der Waals surface area contributed by atoms with E-state index in [4.69, 9.17) is 11.5 Å². The molecule has 0 unspecified atom stereocenters. The van der Waals surface area contributed by atoms with E-state index in [-0.39, 0.29) is 11.4 Å². The van der Waals surface area contributed by atoms with Gasteiger partial charge in [0.2, 0.25) is 0 Å². The number of nitrogens with one attached hydrogen (secondary N) is 2. The van der Waals surface area contributed by atoms with E-state index in [1.807, 2.05) is 109 Å². The third kappa shape index (κ3) is 4.32. The fourth-order valence-electron chi connectivity index (χ4n) is 4.48. The number of hydrogen-bond donors (Lipinski definition) is 4. The predicted molar refractivity (Wildman–Crippen MR) is 147 cm³/mol. The molecule has 5 aromatic carbocycles. The zero-order chi connectivity index (χ0) is 25.1. The van der Waals surface area contributed by atoms with E-state index in [1.54, 1.807) is 0 Å². The van der Waals surface area contributed by atoms with Crippen molar-refractivity contribution in [1.82, 2.24) is 0 Å². The van der Waals surface area contributed by atoms with Crippen molar-refractivity contribution in [3.8, 4) is 0 Å². The first-order chi connectivity index (χ1) is 17.5. The van der Waals surface area contributed by atoms with Crippen molar-refractivity contribution in [1.29, 1.82) is 0 Å². The van der Waals surface area contributed by atoms with Crippen molar-refractivity contribution in [3.63, 3.8) is 0 Å². The van der Waals surface area contributed by atoms with Crippen LogP contribution < -0.4 is 33.0 Å². The van der Waals surface area contributed by atoms with Gasteiger partial charge in [0.25, 0.3) is 10.9 Å². The van der Waals surface area contributed by atoms with Crippen LogP contribution in [-0.2, 0) is 0 Å². The van der Waals surface area contributed by atoms with Crippen LogP contribution in [0, 0.1) is 0 Å². The topological polar surface area (TPSA) is 110 Å².